The van der Waals surface area contributed by atoms with E-state index in [2.05, 4.69) is 33.9 Å². The SMILES string of the molecule is CCCCn1c(-c2ccc(OCC)cc2)cnc1NCc1ccccc1O. The van der Waals surface area contributed by atoms with E-state index in [4.69, 9.17) is 4.74 Å². The average Bonchev–Trinajstić information content (AvgIpc) is 3.09. The van der Waals surface area contributed by atoms with E-state index >= 15 is 0 Å². The predicted octanol–water partition coefficient (Wildman–Crippen LogP) is 5.07. The average molecular weight is 365 g/mol. The molecule has 5 heteroatoms. The van der Waals surface area contributed by atoms with Crippen molar-refractivity contribution in [3.63, 3.8) is 0 Å². The van der Waals surface area contributed by atoms with E-state index in [1.807, 2.05) is 43.5 Å². The largest absolute Gasteiger partial charge is 0.508 e. The maximum atomic E-state index is 9.97. The number of para-hydroxylation sites is 1. The lowest BCUT2D eigenvalue weighted by molar-refractivity contribution is 0.340. The van der Waals surface area contributed by atoms with E-state index in [1.54, 1.807) is 6.07 Å². The molecule has 2 N–H and O–H groups in total. The third-order valence-corrected chi connectivity index (χ3v) is 4.48. The van der Waals surface area contributed by atoms with Gasteiger partial charge in [-0.2, -0.15) is 0 Å². The molecule has 0 fully saturated rings. The zero-order chi connectivity index (χ0) is 19.1. The van der Waals surface area contributed by atoms with Crippen molar-refractivity contribution in [3.8, 4) is 22.8 Å². The molecule has 0 aliphatic rings. The van der Waals surface area contributed by atoms with Gasteiger partial charge >= 0.3 is 0 Å². The van der Waals surface area contributed by atoms with Crippen LogP contribution in [0.2, 0.25) is 0 Å². The summed E-state index contributed by atoms with van der Waals surface area (Å²) in [6, 6.07) is 15.5. The van der Waals surface area contributed by atoms with Crippen molar-refractivity contribution < 1.29 is 9.84 Å². The van der Waals surface area contributed by atoms with Crippen LogP contribution in [0.4, 0.5) is 5.95 Å². The molecule has 1 heterocycles. The van der Waals surface area contributed by atoms with Crippen molar-refractivity contribution in [2.24, 2.45) is 0 Å². The number of aromatic hydroxyl groups is 1. The Morgan fingerprint density at radius 3 is 2.56 bits per heavy atom. The fourth-order valence-electron chi connectivity index (χ4n) is 3.01. The number of rotatable bonds is 9. The Morgan fingerprint density at radius 2 is 1.85 bits per heavy atom. The number of phenolic OH excluding ortho intramolecular Hbond substituents is 1. The number of aromatic nitrogens is 2. The van der Waals surface area contributed by atoms with Gasteiger partial charge in [-0.15, -0.1) is 0 Å². The van der Waals surface area contributed by atoms with Crippen LogP contribution in [0.5, 0.6) is 11.5 Å². The lowest BCUT2D eigenvalue weighted by Crippen LogP contribution is -2.09. The first-order chi connectivity index (χ1) is 13.2. The fraction of sp³-hybridized carbons (Fsp3) is 0.318. The van der Waals surface area contributed by atoms with Gasteiger partial charge in [0.2, 0.25) is 5.95 Å². The van der Waals surface area contributed by atoms with Crippen LogP contribution in [0.25, 0.3) is 11.3 Å². The fourth-order valence-corrected chi connectivity index (χ4v) is 3.01. The molecule has 0 radical (unpaired) electrons. The molecule has 0 saturated carbocycles. The van der Waals surface area contributed by atoms with Crippen LogP contribution in [0, 0.1) is 0 Å². The molecule has 0 saturated heterocycles. The summed E-state index contributed by atoms with van der Waals surface area (Å²) < 4.78 is 7.74. The highest BCUT2D eigenvalue weighted by atomic mass is 16.5. The minimum absolute atomic E-state index is 0.295. The number of benzene rings is 2. The molecule has 0 aliphatic heterocycles. The monoisotopic (exact) mass is 365 g/mol. The smallest absolute Gasteiger partial charge is 0.203 e. The van der Waals surface area contributed by atoms with Crippen molar-refractivity contribution in [1.29, 1.82) is 0 Å². The molecule has 2 aromatic carbocycles. The molecule has 1 aromatic heterocycles. The van der Waals surface area contributed by atoms with Crippen LogP contribution < -0.4 is 10.1 Å². The molecule has 142 valence electrons. The van der Waals surface area contributed by atoms with Crippen LogP contribution in [0.1, 0.15) is 32.3 Å². The molecule has 0 atom stereocenters. The standard InChI is InChI=1S/C22H27N3O2/c1-3-5-14-25-20(17-10-12-19(13-11-17)27-4-2)16-24-22(25)23-15-18-8-6-7-9-21(18)26/h6-13,16,26H,3-5,14-15H2,1-2H3,(H,23,24). The maximum absolute atomic E-state index is 9.97. The number of imidazole rings is 1. The Labute approximate surface area is 160 Å². The van der Waals surface area contributed by atoms with Crippen LogP contribution in [-0.4, -0.2) is 21.3 Å². The highest BCUT2D eigenvalue weighted by Gasteiger charge is 2.12. The summed E-state index contributed by atoms with van der Waals surface area (Å²) in [6.45, 7) is 6.24. The number of hydrogen-bond acceptors (Lipinski definition) is 4. The summed E-state index contributed by atoms with van der Waals surface area (Å²) in [5.74, 6) is 1.98. The van der Waals surface area contributed by atoms with Gasteiger partial charge in [-0.05, 0) is 43.7 Å². The number of phenols is 1. The van der Waals surface area contributed by atoms with Crippen LogP contribution >= 0.6 is 0 Å². The topological polar surface area (TPSA) is 59.3 Å². The third kappa shape index (κ3) is 4.61. The number of nitrogens with zero attached hydrogens (tertiary/aromatic N) is 2. The van der Waals surface area contributed by atoms with Crippen molar-refractivity contribution in [2.75, 3.05) is 11.9 Å². The second kappa shape index (κ2) is 9.12. The Balaban J connectivity index is 1.83. The quantitative estimate of drug-likeness (QED) is 0.556. The highest BCUT2D eigenvalue weighted by Crippen LogP contribution is 2.27. The van der Waals surface area contributed by atoms with E-state index < -0.39 is 0 Å². The van der Waals surface area contributed by atoms with Gasteiger partial charge < -0.3 is 19.7 Å². The van der Waals surface area contributed by atoms with Crippen molar-refractivity contribution in [3.05, 3.63) is 60.3 Å². The van der Waals surface area contributed by atoms with Gasteiger partial charge in [0.25, 0.3) is 0 Å². The first-order valence-corrected chi connectivity index (χ1v) is 9.52. The number of anilines is 1. The van der Waals surface area contributed by atoms with Gasteiger partial charge in [-0.1, -0.05) is 31.5 Å². The van der Waals surface area contributed by atoms with E-state index in [1.165, 1.54) is 0 Å². The molecule has 0 amide bonds. The second-order valence-electron chi connectivity index (χ2n) is 6.41. The van der Waals surface area contributed by atoms with Gasteiger partial charge in [-0.25, -0.2) is 4.98 Å². The molecule has 3 aromatic rings. The van der Waals surface area contributed by atoms with Crippen molar-refractivity contribution in [2.45, 2.75) is 39.8 Å². The third-order valence-electron chi connectivity index (χ3n) is 4.48. The molecule has 27 heavy (non-hydrogen) atoms. The van der Waals surface area contributed by atoms with Gasteiger partial charge in [0.15, 0.2) is 0 Å². The summed E-state index contributed by atoms with van der Waals surface area (Å²) >= 11 is 0. The molecule has 0 spiro atoms. The lowest BCUT2D eigenvalue weighted by Gasteiger charge is -2.14. The minimum atomic E-state index is 0.295. The van der Waals surface area contributed by atoms with Gasteiger partial charge in [0.05, 0.1) is 18.5 Å². The Kier molecular flexibility index (Phi) is 6.36. The number of nitrogens with one attached hydrogen (secondary N) is 1. The molecule has 3 rings (SSSR count). The number of hydrogen-bond donors (Lipinski definition) is 2. The lowest BCUT2D eigenvalue weighted by atomic mass is 10.1. The summed E-state index contributed by atoms with van der Waals surface area (Å²) in [7, 11) is 0. The van der Waals surface area contributed by atoms with Crippen LogP contribution in [0.3, 0.4) is 0 Å². The van der Waals surface area contributed by atoms with Gasteiger partial charge in [0.1, 0.15) is 11.5 Å². The molecule has 0 aliphatic carbocycles. The zero-order valence-electron chi connectivity index (χ0n) is 16.0. The van der Waals surface area contributed by atoms with Crippen LogP contribution in [0.15, 0.2) is 54.7 Å². The summed E-state index contributed by atoms with van der Waals surface area (Å²) in [4.78, 5) is 4.59. The molecular formula is C22H27N3O2. The normalized spacial score (nSPS) is 10.7. The van der Waals surface area contributed by atoms with E-state index in [-0.39, 0.29) is 0 Å². The van der Waals surface area contributed by atoms with E-state index in [0.29, 0.717) is 18.9 Å². The Morgan fingerprint density at radius 1 is 1.07 bits per heavy atom. The molecule has 0 bridgehead atoms. The van der Waals surface area contributed by atoms with Gasteiger partial charge in [-0.3, -0.25) is 0 Å². The summed E-state index contributed by atoms with van der Waals surface area (Å²) in [5.41, 5.74) is 3.04. The minimum Gasteiger partial charge on any atom is -0.508 e. The predicted molar refractivity (Wildman–Crippen MR) is 109 cm³/mol. The number of unbranched alkanes of at least 4 members (excludes halogenated alkanes) is 1. The summed E-state index contributed by atoms with van der Waals surface area (Å²) in [5, 5.41) is 13.3. The molecule has 0 unspecified atom stereocenters. The van der Waals surface area contributed by atoms with E-state index in [0.717, 1.165) is 47.9 Å². The molecular weight excluding hydrogens is 338 g/mol. The van der Waals surface area contributed by atoms with E-state index in [9.17, 15) is 5.11 Å². The first kappa shape index (κ1) is 18.8. The summed E-state index contributed by atoms with van der Waals surface area (Å²) in [6.07, 6.45) is 4.09. The number of ether oxygens (including phenoxy) is 1. The van der Waals surface area contributed by atoms with Crippen molar-refractivity contribution in [1.82, 2.24) is 9.55 Å². The zero-order valence-corrected chi connectivity index (χ0v) is 16.0. The van der Waals surface area contributed by atoms with Gasteiger partial charge in [0, 0.05) is 24.2 Å². The molecule has 5 nitrogen and oxygen atoms in total. The highest BCUT2D eigenvalue weighted by molar-refractivity contribution is 5.62. The Hall–Kier alpha value is -2.95. The second-order valence-corrected chi connectivity index (χ2v) is 6.41. The van der Waals surface area contributed by atoms with Crippen LogP contribution in [-0.2, 0) is 13.1 Å². The van der Waals surface area contributed by atoms with Crippen molar-refractivity contribution >= 4 is 5.95 Å². The Bertz CT molecular complexity index is 856. The first-order valence-electron chi connectivity index (χ1n) is 9.52. The maximum Gasteiger partial charge on any atom is 0.203 e.